The summed E-state index contributed by atoms with van der Waals surface area (Å²) in [5.74, 6) is -0.0272. The second-order valence-electron chi connectivity index (χ2n) is 4.66. The van der Waals surface area contributed by atoms with Crippen LogP contribution in [-0.2, 0) is 9.53 Å². The second kappa shape index (κ2) is 7.53. The molecule has 1 rings (SSSR count). The quantitative estimate of drug-likeness (QED) is 0.748. The fraction of sp³-hybridized carbons (Fsp3) is 0.467. The number of ether oxygens (including phenoxy) is 2. The molecule has 5 heteroatoms. The summed E-state index contributed by atoms with van der Waals surface area (Å²) in [7, 11) is 1.56. The summed E-state index contributed by atoms with van der Waals surface area (Å²) in [6.07, 6.45) is 0.0395. The fourth-order valence-corrected chi connectivity index (χ4v) is 1.67. The van der Waals surface area contributed by atoms with E-state index in [0.717, 1.165) is 0 Å². The van der Waals surface area contributed by atoms with Gasteiger partial charge in [0.25, 0.3) is 5.91 Å². The number of rotatable bonds is 6. The number of esters is 1. The van der Waals surface area contributed by atoms with E-state index in [1.54, 1.807) is 38.2 Å². The van der Waals surface area contributed by atoms with Crippen LogP contribution in [0.3, 0.4) is 0 Å². The second-order valence-corrected chi connectivity index (χ2v) is 4.66. The zero-order valence-corrected chi connectivity index (χ0v) is 12.4. The Balaban J connectivity index is 2.73. The minimum absolute atomic E-state index is 0.0395. The monoisotopic (exact) mass is 279 g/mol. The van der Waals surface area contributed by atoms with Gasteiger partial charge in [-0.2, -0.15) is 0 Å². The number of amides is 1. The van der Waals surface area contributed by atoms with Crippen LogP contribution in [0.25, 0.3) is 0 Å². The lowest BCUT2D eigenvalue weighted by Crippen LogP contribution is -2.33. The van der Waals surface area contributed by atoms with E-state index in [1.165, 1.54) is 4.90 Å². The number of carbonyl (C=O) groups is 2. The highest BCUT2D eigenvalue weighted by molar-refractivity contribution is 5.96. The van der Waals surface area contributed by atoms with Crippen LogP contribution in [0, 0.1) is 0 Å². The molecule has 1 aromatic carbocycles. The number of benzene rings is 1. The molecule has 0 N–H and O–H groups in total. The largest absolute Gasteiger partial charge is 0.491 e. The van der Waals surface area contributed by atoms with E-state index in [1.807, 2.05) is 13.8 Å². The molecule has 5 nitrogen and oxygen atoms in total. The van der Waals surface area contributed by atoms with Gasteiger partial charge >= 0.3 is 5.97 Å². The minimum Gasteiger partial charge on any atom is -0.491 e. The van der Waals surface area contributed by atoms with Gasteiger partial charge in [-0.05, 0) is 39.0 Å². The van der Waals surface area contributed by atoms with Crippen LogP contribution in [0.5, 0.6) is 5.75 Å². The normalized spacial score (nSPS) is 10.2. The van der Waals surface area contributed by atoms with Crippen LogP contribution in [-0.4, -0.2) is 43.1 Å². The van der Waals surface area contributed by atoms with Crippen molar-refractivity contribution in [1.82, 2.24) is 4.90 Å². The molecule has 110 valence electrons. The van der Waals surface area contributed by atoms with Gasteiger partial charge < -0.3 is 14.4 Å². The van der Waals surface area contributed by atoms with Crippen LogP contribution in [0.15, 0.2) is 24.3 Å². The van der Waals surface area contributed by atoms with E-state index in [2.05, 4.69) is 0 Å². The smallest absolute Gasteiger partial charge is 0.325 e. The van der Waals surface area contributed by atoms with Gasteiger partial charge in [0.2, 0.25) is 0 Å². The molecule has 0 saturated carbocycles. The Morgan fingerprint density at radius 1 is 1.30 bits per heavy atom. The van der Waals surface area contributed by atoms with Crippen molar-refractivity contribution in [2.24, 2.45) is 0 Å². The van der Waals surface area contributed by atoms with Gasteiger partial charge in [0.05, 0.1) is 12.7 Å². The molecular weight excluding hydrogens is 258 g/mol. The first-order chi connectivity index (χ1) is 9.43. The van der Waals surface area contributed by atoms with E-state index in [0.29, 0.717) is 17.9 Å². The summed E-state index contributed by atoms with van der Waals surface area (Å²) in [5, 5.41) is 0. The molecule has 0 atom stereocenters. The van der Waals surface area contributed by atoms with Crippen LogP contribution in [0.4, 0.5) is 0 Å². The highest BCUT2D eigenvalue weighted by Crippen LogP contribution is 2.16. The first-order valence-corrected chi connectivity index (χ1v) is 6.61. The molecule has 0 aliphatic heterocycles. The number of nitrogens with zero attached hydrogens (tertiary/aromatic N) is 1. The average Bonchev–Trinajstić information content (AvgIpc) is 2.37. The Labute approximate surface area is 119 Å². The van der Waals surface area contributed by atoms with Gasteiger partial charge in [-0.3, -0.25) is 9.59 Å². The van der Waals surface area contributed by atoms with Crippen molar-refractivity contribution in [2.75, 3.05) is 20.2 Å². The average molecular weight is 279 g/mol. The fourth-order valence-electron chi connectivity index (χ4n) is 1.67. The molecule has 0 aliphatic carbocycles. The lowest BCUT2D eigenvalue weighted by molar-refractivity contribution is -0.143. The number of carbonyl (C=O) groups excluding carboxylic acids is 2. The highest BCUT2D eigenvalue weighted by atomic mass is 16.5. The molecule has 0 aliphatic rings. The number of likely N-dealkylation sites (N-methyl/N-ethyl adjacent to an activating group) is 1. The van der Waals surface area contributed by atoms with Gasteiger partial charge in [0.1, 0.15) is 12.3 Å². The molecule has 0 heterocycles. The molecule has 0 saturated heterocycles. The summed E-state index contributed by atoms with van der Waals surface area (Å²) in [6.45, 7) is 5.80. The maximum atomic E-state index is 12.2. The van der Waals surface area contributed by atoms with Crippen molar-refractivity contribution >= 4 is 11.9 Å². The van der Waals surface area contributed by atoms with Crippen molar-refractivity contribution in [1.29, 1.82) is 0 Å². The van der Waals surface area contributed by atoms with Gasteiger partial charge in [-0.1, -0.05) is 6.07 Å². The minimum atomic E-state index is -0.419. The van der Waals surface area contributed by atoms with E-state index >= 15 is 0 Å². The third-order valence-corrected chi connectivity index (χ3v) is 2.47. The third kappa shape index (κ3) is 4.91. The van der Waals surface area contributed by atoms with Crippen molar-refractivity contribution in [2.45, 2.75) is 26.9 Å². The number of hydrogen-bond donors (Lipinski definition) is 0. The number of hydrogen-bond acceptors (Lipinski definition) is 4. The van der Waals surface area contributed by atoms with Gasteiger partial charge in [-0.15, -0.1) is 0 Å². The van der Waals surface area contributed by atoms with Gasteiger partial charge in [0.15, 0.2) is 0 Å². The van der Waals surface area contributed by atoms with Crippen LogP contribution in [0.2, 0.25) is 0 Å². The molecule has 1 aromatic rings. The molecule has 0 bridgehead atoms. The Morgan fingerprint density at radius 2 is 2.00 bits per heavy atom. The first-order valence-electron chi connectivity index (χ1n) is 6.61. The Bertz CT molecular complexity index is 471. The van der Waals surface area contributed by atoms with E-state index in [9.17, 15) is 9.59 Å². The molecule has 0 radical (unpaired) electrons. The van der Waals surface area contributed by atoms with Crippen LogP contribution < -0.4 is 4.74 Å². The molecule has 0 fully saturated rings. The lowest BCUT2D eigenvalue weighted by atomic mass is 10.2. The van der Waals surface area contributed by atoms with E-state index in [-0.39, 0.29) is 18.6 Å². The SMILES string of the molecule is CCOC(=O)CN(C)C(=O)c1cccc(OC(C)C)c1. The molecular formula is C15H21NO4. The third-order valence-electron chi connectivity index (χ3n) is 2.47. The zero-order chi connectivity index (χ0) is 15.1. The Hall–Kier alpha value is -2.04. The molecule has 1 amide bonds. The van der Waals surface area contributed by atoms with Crippen LogP contribution in [0.1, 0.15) is 31.1 Å². The zero-order valence-electron chi connectivity index (χ0n) is 12.4. The summed E-state index contributed by atoms with van der Waals surface area (Å²) in [6, 6.07) is 6.91. The van der Waals surface area contributed by atoms with Crippen molar-refractivity contribution in [3.8, 4) is 5.75 Å². The van der Waals surface area contributed by atoms with Gasteiger partial charge in [-0.25, -0.2) is 0 Å². The van der Waals surface area contributed by atoms with Crippen molar-refractivity contribution in [3.05, 3.63) is 29.8 Å². The highest BCUT2D eigenvalue weighted by Gasteiger charge is 2.16. The predicted octanol–water partition coefficient (Wildman–Crippen LogP) is 2.11. The van der Waals surface area contributed by atoms with E-state index in [4.69, 9.17) is 9.47 Å². The maximum Gasteiger partial charge on any atom is 0.325 e. The summed E-state index contributed by atoms with van der Waals surface area (Å²) in [5.41, 5.74) is 0.481. The van der Waals surface area contributed by atoms with E-state index < -0.39 is 5.97 Å². The summed E-state index contributed by atoms with van der Waals surface area (Å²) in [4.78, 5) is 24.9. The Morgan fingerprint density at radius 3 is 2.60 bits per heavy atom. The molecule has 0 spiro atoms. The first kappa shape index (κ1) is 16.0. The van der Waals surface area contributed by atoms with Crippen molar-refractivity contribution in [3.63, 3.8) is 0 Å². The Kier molecular flexibility index (Phi) is 6.03. The molecule has 20 heavy (non-hydrogen) atoms. The topological polar surface area (TPSA) is 55.8 Å². The summed E-state index contributed by atoms with van der Waals surface area (Å²) >= 11 is 0. The summed E-state index contributed by atoms with van der Waals surface area (Å²) < 4.78 is 10.4. The van der Waals surface area contributed by atoms with Crippen molar-refractivity contribution < 1.29 is 19.1 Å². The maximum absolute atomic E-state index is 12.2. The lowest BCUT2D eigenvalue weighted by Gasteiger charge is -2.17. The standard InChI is InChI=1S/C15H21NO4/c1-5-19-14(17)10-16(4)15(18)12-7-6-8-13(9-12)20-11(2)3/h6-9,11H,5,10H2,1-4H3. The molecule has 0 unspecified atom stereocenters. The van der Waals surface area contributed by atoms with Gasteiger partial charge in [0, 0.05) is 12.6 Å². The molecule has 0 aromatic heterocycles. The van der Waals surface area contributed by atoms with Crippen LogP contribution >= 0.6 is 0 Å². The predicted molar refractivity (Wildman–Crippen MR) is 75.8 cm³/mol.